The SMILES string of the molecule is O=C(CN1C(=O)C(=Cc2ccccc2)SC1=S)NCCc1c[nH]c2ccc(Cl)cc12. The van der Waals surface area contributed by atoms with Crippen LogP contribution in [0.2, 0.25) is 5.02 Å². The summed E-state index contributed by atoms with van der Waals surface area (Å²) in [4.78, 5) is 30.1. The van der Waals surface area contributed by atoms with Crippen molar-refractivity contribution < 1.29 is 9.59 Å². The fourth-order valence-electron chi connectivity index (χ4n) is 3.23. The van der Waals surface area contributed by atoms with Gasteiger partial charge in [0.25, 0.3) is 5.91 Å². The summed E-state index contributed by atoms with van der Waals surface area (Å²) in [5, 5.41) is 4.58. The molecule has 30 heavy (non-hydrogen) atoms. The number of nitrogens with zero attached hydrogens (tertiary/aromatic N) is 1. The molecule has 1 saturated heterocycles. The smallest absolute Gasteiger partial charge is 0.266 e. The van der Waals surface area contributed by atoms with Crippen molar-refractivity contribution in [3.8, 4) is 0 Å². The first-order chi connectivity index (χ1) is 14.5. The molecule has 5 nitrogen and oxygen atoms in total. The molecule has 0 spiro atoms. The topological polar surface area (TPSA) is 65.2 Å². The lowest BCUT2D eigenvalue weighted by Gasteiger charge is -2.14. The van der Waals surface area contributed by atoms with E-state index >= 15 is 0 Å². The van der Waals surface area contributed by atoms with Gasteiger partial charge in [0, 0.05) is 28.7 Å². The van der Waals surface area contributed by atoms with Crippen LogP contribution in [-0.2, 0) is 16.0 Å². The van der Waals surface area contributed by atoms with Gasteiger partial charge in [-0.25, -0.2) is 0 Å². The Labute approximate surface area is 188 Å². The van der Waals surface area contributed by atoms with Crippen molar-refractivity contribution in [1.29, 1.82) is 0 Å². The van der Waals surface area contributed by atoms with Crippen molar-refractivity contribution in [3.63, 3.8) is 0 Å². The monoisotopic (exact) mass is 455 g/mol. The number of aromatic amines is 1. The number of thioether (sulfide) groups is 1. The summed E-state index contributed by atoms with van der Waals surface area (Å²) in [5.41, 5.74) is 2.99. The lowest BCUT2D eigenvalue weighted by atomic mass is 10.1. The van der Waals surface area contributed by atoms with E-state index < -0.39 is 0 Å². The van der Waals surface area contributed by atoms with E-state index in [4.69, 9.17) is 23.8 Å². The van der Waals surface area contributed by atoms with Gasteiger partial charge >= 0.3 is 0 Å². The molecule has 4 rings (SSSR count). The van der Waals surface area contributed by atoms with Gasteiger partial charge in [-0.15, -0.1) is 0 Å². The summed E-state index contributed by atoms with van der Waals surface area (Å²) in [6.07, 6.45) is 4.36. The van der Waals surface area contributed by atoms with E-state index in [1.54, 1.807) is 6.08 Å². The molecule has 0 bridgehead atoms. The average molecular weight is 456 g/mol. The highest BCUT2D eigenvalue weighted by Crippen LogP contribution is 2.32. The molecule has 1 aliphatic rings. The Morgan fingerprint density at radius 3 is 2.83 bits per heavy atom. The maximum atomic E-state index is 12.6. The maximum Gasteiger partial charge on any atom is 0.266 e. The number of aromatic nitrogens is 1. The van der Waals surface area contributed by atoms with Crippen molar-refractivity contribution >= 4 is 68.7 Å². The number of thiocarbonyl (C=S) groups is 1. The fourth-order valence-corrected chi connectivity index (χ4v) is 4.66. The number of carbonyl (C=O) groups is 2. The van der Waals surface area contributed by atoms with Gasteiger partial charge in [-0.2, -0.15) is 0 Å². The minimum absolute atomic E-state index is 0.0868. The standard InChI is InChI=1S/C22H18ClN3O2S2/c23-16-6-7-18-17(11-16)15(12-25-18)8-9-24-20(27)13-26-21(28)19(30-22(26)29)10-14-4-2-1-3-5-14/h1-7,10-12,25H,8-9,13H2,(H,24,27). The molecule has 0 radical (unpaired) electrons. The lowest BCUT2D eigenvalue weighted by molar-refractivity contribution is -0.128. The van der Waals surface area contributed by atoms with Crippen LogP contribution >= 0.6 is 35.6 Å². The highest BCUT2D eigenvalue weighted by atomic mass is 35.5. The average Bonchev–Trinajstić information content (AvgIpc) is 3.24. The predicted molar refractivity (Wildman–Crippen MR) is 126 cm³/mol. The van der Waals surface area contributed by atoms with Gasteiger partial charge < -0.3 is 10.3 Å². The Bertz CT molecular complexity index is 1160. The zero-order chi connectivity index (χ0) is 21.1. The third-order valence-electron chi connectivity index (χ3n) is 4.72. The molecule has 0 atom stereocenters. The Morgan fingerprint density at radius 2 is 2.03 bits per heavy atom. The van der Waals surface area contributed by atoms with E-state index in [-0.39, 0.29) is 18.4 Å². The second-order valence-electron chi connectivity index (χ2n) is 6.78. The number of H-pyrrole nitrogens is 1. The van der Waals surface area contributed by atoms with E-state index in [0.717, 1.165) is 22.0 Å². The Balaban J connectivity index is 1.33. The van der Waals surface area contributed by atoms with Crippen LogP contribution in [0.5, 0.6) is 0 Å². The number of benzene rings is 2. The molecule has 0 aliphatic carbocycles. The molecule has 2 heterocycles. The first-order valence-corrected chi connectivity index (χ1v) is 10.9. The summed E-state index contributed by atoms with van der Waals surface area (Å²) < 4.78 is 0.392. The van der Waals surface area contributed by atoms with Gasteiger partial charge in [0.1, 0.15) is 10.9 Å². The zero-order valence-corrected chi connectivity index (χ0v) is 18.2. The maximum absolute atomic E-state index is 12.6. The van der Waals surface area contributed by atoms with Crippen LogP contribution in [-0.4, -0.2) is 39.1 Å². The van der Waals surface area contributed by atoms with Crippen LogP contribution in [0.15, 0.2) is 59.6 Å². The van der Waals surface area contributed by atoms with Crippen molar-refractivity contribution in [1.82, 2.24) is 15.2 Å². The lowest BCUT2D eigenvalue weighted by Crippen LogP contribution is -2.40. The summed E-state index contributed by atoms with van der Waals surface area (Å²) in [7, 11) is 0. The summed E-state index contributed by atoms with van der Waals surface area (Å²) >= 11 is 12.6. The number of hydrogen-bond donors (Lipinski definition) is 2. The van der Waals surface area contributed by atoms with E-state index in [9.17, 15) is 9.59 Å². The van der Waals surface area contributed by atoms with Crippen LogP contribution in [0.25, 0.3) is 17.0 Å². The van der Waals surface area contributed by atoms with Crippen molar-refractivity contribution in [2.45, 2.75) is 6.42 Å². The van der Waals surface area contributed by atoms with Crippen LogP contribution in [0.4, 0.5) is 0 Å². The number of halogens is 1. The highest BCUT2D eigenvalue weighted by molar-refractivity contribution is 8.26. The van der Waals surface area contributed by atoms with Gasteiger partial charge in [-0.05, 0) is 41.8 Å². The molecule has 1 aliphatic heterocycles. The second kappa shape index (κ2) is 9.04. The predicted octanol–water partition coefficient (Wildman–Crippen LogP) is 4.38. The van der Waals surface area contributed by atoms with Crippen LogP contribution in [0, 0.1) is 0 Å². The number of nitrogens with one attached hydrogen (secondary N) is 2. The van der Waals surface area contributed by atoms with Crippen molar-refractivity contribution in [3.05, 3.63) is 75.8 Å². The number of amides is 2. The molecule has 2 aromatic carbocycles. The number of hydrogen-bond acceptors (Lipinski definition) is 4. The van der Waals surface area contributed by atoms with Crippen molar-refractivity contribution in [2.75, 3.05) is 13.1 Å². The van der Waals surface area contributed by atoms with Gasteiger partial charge in [-0.1, -0.05) is 65.9 Å². The third kappa shape index (κ3) is 4.59. The quantitative estimate of drug-likeness (QED) is 0.427. The summed E-state index contributed by atoms with van der Waals surface area (Å²) in [5.74, 6) is -0.486. The molecular weight excluding hydrogens is 438 g/mol. The first-order valence-electron chi connectivity index (χ1n) is 9.34. The number of fused-ring (bicyclic) bond motifs is 1. The number of rotatable bonds is 6. The third-order valence-corrected chi connectivity index (χ3v) is 6.33. The summed E-state index contributed by atoms with van der Waals surface area (Å²) in [6.45, 7) is 0.365. The molecule has 2 amide bonds. The first kappa shape index (κ1) is 20.7. The van der Waals surface area contributed by atoms with Gasteiger partial charge in [-0.3, -0.25) is 14.5 Å². The van der Waals surface area contributed by atoms with E-state index in [2.05, 4.69) is 10.3 Å². The Hall–Kier alpha value is -2.61. The Kier molecular flexibility index (Phi) is 6.22. The van der Waals surface area contributed by atoms with Crippen LogP contribution < -0.4 is 5.32 Å². The minimum Gasteiger partial charge on any atom is -0.361 e. The zero-order valence-electron chi connectivity index (χ0n) is 15.9. The largest absolute Gasteiger partial charge is 0.361 e. The molecule has 8 heteroatoms. The van der Waals surface area contributed by atoms with Gasteiger partial charge in [0.05, 0.1) is 4.91 Å². The molecule has 0 saturated carbocycles. The highest BCUT2D eigenvalue weighted by Gasteiger charge is 2.33. The van der Waals surface area contributed by atoms with E-state index in [1.165, 1.54) is 16.7 Å². The minimum atomic E-state index is -0.245. The normalized spacial score (nSPS) is 15.4. The van der Waals surface area contributed by atoms with E-state index in [1.807, 2.05) is 54.7 Å². The summed E-state index contributed by atoms with van der Waals surface area (Å²) in [6, 6.07) is 15.2. The molecular formula is C22H18ClN3O2S2. The van der Waals surface area contributed by atoms with Crippen LogP contribution in [0.1, 0.15) is 11.1 Å². The fraction of sp³-hybridized carbons (Fsp3) is 0.136. The number of carbonyl (C=O) groups excluding carboxylic acids is 2. The molecule has 3 aromatic rings. The van der Waals surface area contributed by atoms with E-state index in [0.29, 0.717) is 27.2 Å². The van der Waals surface area contributed by atoms with Gasteiger partial charge in [0.2, 0.25) is 5.91 Å². The van der Waals surface area contributed by atoms with Crippen LogP contribution in [0.3, 0.4) is 0 Å². The molecule has 152 valence electrons. The van der Waals surface area contributed by atoms with Crippen molar-refractivity contribution in [2.24, 2.45) is 0 Å². The molecule has 2 N–H and O–H groups in total. The molecule has 0 unspecified atom stereocenters. The molecule has 1 aromatic heterocycles. The molecule has 1 fully saturated rings. The van der Waals surface area contributed by atoms with Gasteiger partial charge in [0.15, 0.2) is 0 Å². The second-order valence-corrected chi connectivity index (χ2v) is 8.89. The Morgan fingerprint density at radius 1 is 1.23 bits per heavy atom.